The molecule has 0 aromatic rings. The van der Waals surface area contributed by atoms with E-state index in [0.29, 0.717) is 10.9 Å². The first-order chi connectivity index (χ1) is 10.8. The van der Waals surface area contributed by atoms with Gasteiger partial charge in [-0.05, 0) is 25.7 Å². The van der Waals surface area contributed by atoms with Crippen molar-refractivity contribution in [1.82, 2.24) is 0 Å². The summed E-state index contributed by atoms with van der Waals surface area (Å²) in [4.78, 5) is 49.7. The van der Waals surface area contributed by atoms with Crippen molar-refractivity contribution < 1.29 is 38.0 Å². The fourth-order valence-electron chi connectivity index (χ4n) is 3.69. The van der Waals surface area contributed by atoms with Crippen LogP contribution >= 0.6 is 27.0 Å². The zero-order valence-electron chi connectivity index (χ0n) is 14.2. The maximum Gasteiger partial charge on any atom is 0.341 e. The van der Waals surface area contributed by atoms with Crippen molar-refractivity contribution in [3.63, 3.8) is 0 Å². The Balaban J connectivity index is 3.22. The molecule has 1 heterocycles. The van der Waals surface area contributed by atoms with Crippen LogP contribution in [-0.4, -0.2) is 67.0 Å². The molecule has 0 aromatic heterocycles. The molecular formula is C13H28NO7P2S+. The summed E-state index contributed by atoms with van der Waals surface area (Å²) in [5.74, 6) is -0.568. The smallest absolute Gasteiger partial charge is 0.326 e. The predicted octanol–water partition coefficient (Wildman–Crippen LogP) is 1.58. The monoisotopic (exact) mass is 404 g/mol. The zero-order chi connectivity index (χ0) is 18.8. The minimum Gasteiger partial charge on any atom is -0.326 e. The summed E-state index contributed by atoms with van der Waals surface area (Å²) < 4.78 is 24.2. The van der Waals surface area contributed by atoms with Crippen LogP contribution in [0.2, 0.25) is 0 Å². The van der Waals surface area contributed by atoms with E-state index in [-0.39, 0.29) is 23.3 Å². The highest BCUT2D eigenvalue weighted by Gasteiger charge is 2.54. The number of quaternary nitrogens is 1. The number of thioether (sulfide) groups is 1. The lowest BCUT2D eigenvalue weighted by molar-refractivity contribution is -0.923. The van der Waals surface area contributed by atoms with Gasteiger partial charge in [0.05, 0.1) is 26.7 Å². The highest BCUT2D eigenvalue weighted by Crippen LogP contribution is 2.64. The molecule has 1 fully saturated rings. The molecule has 1 aliphatic heterocycles. The molecule has 2 unspecified atom stereocenters. The van der Waals surface area contributed by atoms with E-state index < -0.39 is 26.5 Å². The van der Waals surface area contributed by atoms with E-state index >= 15 is 0 Å². The summed E-state index contributed by atoms with van der Waals surface area (Å²) >= 11 is 1.01. The lowest BCUT2D eigenvalue weighted by atomic mass is 9.88. The number of carbonyl (C=O) groups excluding carboxylic acids is 1. The average Bonchev–Trinajstić information content (AvgIpc) is 2.33. The summed E-state index contributed by atoms with van der Waals surface area (Å²) in [5.41, 5.74) is 0. The van der Waals surface area contributed by atoms with Crippen LogP contribution in [0.4, 0.5) is 0 Å². The van der Waals surface area contributed by atoms with E-state index in [2.05, 4.69) is 0 Å². The first-order valence-corrected chi connectivity index (χ1v) is 12.2. The molecule has 142 valence electrons. The fraction of sp³-hybridized carbons (Fsp3) is 0.923. The first-order valence-electron chi connectivity index (χ1n) is 7.83. The van der Waals surface area contributed by atoms with Crippen LogP contribution in [0.25, 0.3) is 0 Å². The van der Waals surface area contributed by atoms with Crippen LogP contribution in [0, 0.1) is 5.92 Å². The van der Waals surface area contributed by atoms with Crippen molar-refractivity contribution >= 4 is 32.1 Å². The van der Waals surface area contributed by atoms with E-state index in [9.17, 15) is 33.5 Å². The third kappa shape index (κ3) is 6.22. The number of piperidine rings is 1. The second-order valence-electron chi connectivity index (χ2n) is 6.95. The van der Waals surface area contributed by atoms with E-state index in [1.165, 1.54) is 6.92 Å². The van der Waals surface area contributed by atoms with Crippen LogP contribution in [0.1, 0.15) is 32.6 Å². The molecule has 2 atom stereocenters. The summed E-state index contributed by atoms with van der Waals surface area (Å²) in [6, 6.07) is -0.267. The van der Waals surface area contributed by atoms with Gasteiger partial charge in [0, 0.05) is 18.6 Å². The molecule has 1 saturated heterocycles. The second kappa shape index (κ2) is 8.31. The Morgan fingerprint density at radius 1 is 1.17 bits per heavy atom. The molecule has 0 bridgehead atoms. The molecule has 0 amide bonds. The maximum absolute atomic E-state index is 11.9. The van der Waals surface area contributed by atoms with Crippen molar-refractivity contribution in [2.75, 3.05) is 26.4 Å². The third-order valence-corrected chi connectivity index (χ3v) is 9.50. The van der Waals surface area contributed by atoms with Gasteiger partial charge in [-0.25, -0.2) is 0 Å². The third-order valence-electron chi connectivity index (χ3n) is 4.71. The van der Waals surface area contributed by atoms with Gasteiger partial charge in [-0.1, -0.05) is 11.8 Å². The van der Waals surface area contributed by atoms with Gasteiger partial charge in [-0.2, -0.15) is 0 Å². The normalized spacial score (nSPS) is 23.2. The van der Waals surface area contributed by atoms with Gasteiger partial charge in [-0.3, -0.25) is 13.9 Å². The van der Waals surface area contributed by atoms with E-state index in [0.717, 1.165) is 31.1 Å². The quantitative estimate of drug-likeness (QED) is 0.371. The number of likely N-dealkylation sites (tertiary alicyclic amines) is 1. The molecule has 24 heavy (non-hydrogen) atoms. The fourth-order valence-corrected chi connectivity index (χ4v) is 7.63. The number of nitrogens with zero attached hydrogens (tertiary/aromatic N) is 1. The Labute approximate surface area is 146 Å². The van der Waals surface area contributed by atoms with Crippen LogP contribution in [0.5, 0.6) is 0 Å². The Morgan fingerprint density at radius 3 is 2.12 bits per heavy atom. The van der Waals surface area contributed by atoms with Crippen LogP contribution in [-0.2, 0) is 13.9 Å². The molecule has 4 N–H and O–H groups in total. The number of hydrogen-bond donors (Lipinski definition) is 4. The van der Waals surface area contributed by atoms with E-state index in [1.54, 1.807) is 0 Å². The van der Waals surface area contributed by atoms with Crippen molar-refractivity contribution in [3.8, 4) is 0 Å². The molecule has 0 spiro atoms. The Hall–Kier alpha value is 0.280. The average molecular weight is 404 g/mol. The van der Waals surface area contributed by atoms with Crippen molar-refractivity contribution in [2.24, 2.45) is 5.92 Å². The SMILES string of the molecule is CC(=O)SCCC(C1CCCC[N+]1(C)C)C(P(=O)(O)O)P(=O)(O)O. The molecule has 8 nitrogen and oxygen atoms in total. The summed E-state index contributed by atoms with van der Waals surface area (Å²) in [7, 11) is -6.17. The summed E-state index contributed by atoms with van der Waals surface area (Å²) in [6.45, 7) is 2.18. The first kappa shape index (κ1) is 22.3. The number of hydrogen-bond acceptors (Lipinski definition) is 4. The molecule has 0 aliphatic carbocycles. The summed E-state index contributed by atoms with van der Waals surface area (Å²) in [5, 5.41) is -2.15. The van der Waals surface area contributed by atoms with Crippen molar-refractivity contribution in [3.05, 3.63) is 0 Å². The minimum absolute atomic E-state index is 0.130. The van der Waals surface area contributed by atoms with Crippen LogP contribution in [0.15, 0.2) is 0 Å². The number of rotatable bonds is 7. The largest absolute Gasteiger partial charge is 0.341 e. The highest BCUT2D eigenvalue weighted by molar-refractivity contribution is 8.13. The standard InChI is InChI=1S/C13H27NO7P2S/c1-10(15)24-9-7-11(12-6-4-5-8-14(12,2)3)13(22(16,17)18)23(19,20)21/h11-13H,4-9H2,1-3H3,(H3-,16,17,18,19,20,21)/p+1. The second-order valence-corrected chi connectivity index (χ2v) is 12.1. The Morgan fingerprint density at radius 2 is 1.71 bits per heavy atom. The van der Waals surface area contributed by atoms with Gasteiger partial charge in [0.2, 0.25) is 0 Å². The lowest BCUT2D eigenvalue weighted by Gasteiger charge is -2.47. The molecular weight excluding hydrogens is 376 g/mol. The van der Waals surface area contributed by atoms with Crippen molar-refractivity contribution in [2.45, 2.75) is 44.0 Å². The molecule has 1 rings (SSSR count). The van der Waals surface area contributed by atoms with Gasteiger partial charge in [-0.15, -0.1) is 0 Å². The minimum atomic E-state index is -5.01. The van der Waals surface area contributed by atoms with E-state index in [4.69, 9.17) is 0 Å². The van der Waals surface area contributed by atoms with Crippen LogP contribution in [0.3, 0.4) is 0 Å². The van der Waals surface area contributed by atoms with Gasteiger partial charge in [0.25, 0.3) is 0 Å². The predicted molar refractivity (Wildman–Crippen MR) is 93.7 cm³/mol. The molecule has 1 aliphatic rings. The topological polar surface area (TPSA) is 132 Å². The van der Waals surface area contributed by atoms with Gasteiger partial charge in [0.15, 0.2) is 10.5 Å². The molecule has 0 saturated carbocycles. The Bertz CT molecular complexity index is 522. The number of carbonyl (C=O) groups is 1. The van der Waals surface area contributed by atoms with Crippen LogP contribution < -0.4 is 0 Å². The van der Waals surface area contributed by atoms with E-state index in [1.807, 2.05) is 14.1 Å². The summed E-state index contributed by atoms with van der Waals surface area (Å²) in [6.07, 6.45) is 2.66. The van der Waals surface area contributed by atoms with Gasteiger partial charge < -0.3 is 24.1 Å². The van der Waals surface area contributed by atoms with Gasteiger partial charge >= 0.3 is 15.2 Å². The highest BCUT2D eigenvalue weighted by atomic mass is 32.2. The lowest BCUT2D eigenvalue weighted by Crippen LogP contribution is -2.57. The zero-order valence-corrected chi connectivity index (χ0v) is 16.8. The van der Waals surface area contributed by atoms with Gasteiger partial charge in [0.1, 0.15) is 0 Å². The maximum atomic E-state index is 11.9. The molecule has 0 aromatic carbocycles. The molecule has 0 radical (unpaired) electrons. The Kier molecular flexibility index (Phi) is 7.73. The molecule has 11 heteroatoms. The van der Waals surface area contributed by atoms with Crippen molar-refractivity contribution in [1.29, 1.82) is 0 Å².